The van der Waals surface area contributed by atoms with Crippen LogP contribution < -0.4 is 5.32 Å². The number of nitrogens with zero attached hydrogens (tertiary/aromatic N) is 2. The Morgan fingerprint density at radius 2 is 2.17 bits per heavy atom. The first-order valence-corrected chi connectivity index (χ1v) is 8.64. The van der Waals surface area contributed by atoms with E-state index < -0.39 is 0 Å². The van der Waals surface area contributed by atoms with E-state index in [0.29, 0.717) is 23.1 Å². The standard InChI is InChI=1S/C16H19N3O3S/c1-10(16-18-14(19-22-16)11-2-3-11)17-15(21)12-4-6-13(7-5-12)23-9-8-20/h4-7,10-11,20H,2-3,8-9H2,1H3,(H,17,21)/t10-/m1/s1. The van der Waals surface area contributed by atoms with Gasteiger partial charge in [-0.05, 0) is 44.0 Å². The molecule has 0 bridgehead atoms. The van der Waals surface area contributed by atoms with Gasteiger partial charge in [0, 0.05) is 22.1 Å². The minimum atomic E-state index is -0.328. The molecule has 23 heavy (non-hydrogen) atoms. The molecule has 0 aliphatic heterocycles. The van der Waals surface area contributed by atoms with Crippen molar-refractivity contribution in [3.8, 4) is 0 Å². The second kappa shape index (κ2) is 7.14. The monoisotopic (exact) mass is 333 g/mol. The van der Waals surface area contributed by atoms with Gasteiger partial charge in [0.05, 0.1) is 6.61 Å². The molecule has 1 fully saturated rings. The Morgan fingerprint density at radius 1 is 1.43 bits per heavy atom. The van der Waals surface area contributed by atoms with Crippen molar-refractivity contribution in [3.63, 3.8) is 0 Å². The molecule has 0 spiro atoms. The summed E-state index contributed by atoms with van der Waals surface area (Å²) in [6, 6.07) is 6.96. The first-order valence-electron chi connectivity index (χ1n) is 7.65. The van der Waals surface area contributed by atoms with Crippen molar-refractivity contribution in [2.24, 2.45) is 0 Å². The molecule has 1 aromatic heterocycles. The summed E-state index contributed by atoms with van der Waals surface area (Å²) in [5.74, 6) is 2.08. The van der Waals surface area contributed by atoms with Gasteiger partial charge in [-0.3, -0.25) is 4.79 Å². The molecule has 1 atom stereocenters. The molecule has 6 nitrogen and oxygen atoms in total. The van der Waals surface area contributed by atoms with Gasteiger partial charge in [0.1, 0.15) is 6.04 Å². The molecular weight excluding hydrogens is 314 g/mol. The first-order chi connectivity index (χ1) is 11.2. The van der Waals surface area contributed by atoms with E-state index in [1.54, 1.807) is 23.9 Å². The number of hydrogen-bond acceptors (Lipinski definition) is 6. The summed E-state index contributed by atoms with van der Waals surface area (Å²) in [5, 5.41) is 15.6. The van der Waals surface area contributed by atoms with Gasteiger partial charge in [-0.15, -0.1) is 11.8 Å². The lowest BCUT2D eigenvalue weighted by atomic mass is 10.2. The largest absolute Gasteiger partial charge is 0.396 e. The van der Waals surface area contributed by atoms with Crippen LogP contribution in [-0.2, 0) is 0 Å². The number of rotatable bonds is 7. The summed E-state index contributed by atoms with van der Waals surface area (Å²) in [4.78, 5) is 17.6. The van der Waals surface area contributed by atoms with Gasteiger partial charge >= 0.3 is 0 Å². The number of carbonyl (C=O) groups is 1. The topological polar surface area (TPSA) is 88.2 Å². The molecule has 1 saturated carbocycles. The molecule has 122 valence electrons. The maximum Gasteiger partial charge on any atom is 0.251 e. The number of benzene rings is 1. The van der Waals surface area contributed by atoms with Crippen LogP contribution >= 0.6 is 11.8 Å². The zero-order valence-electron chi connectivity index (χ0n) is 12.9. The minimum Gasteiger partial charge on any atom is -0.396 e. The second-order valence-corrected chi connectivity index (χ2v) is 6.73. The van der Waals surface area contributed by atoms with Gasteiger partial charge in [-0.1, -0.05) is 5.16 Å². The number of amides is 1. The van der Waals surface area contributed by atoms with Gasteiger partial charge in [0.2, 0.25) is 5.89 Å². The van der Waals surface area contributed by atoms with Crippen LogP contribution in [0.3, 0.4) is 0 Å². The fourth-order valence-electron chi connectivity index (χ4n) is 2.14. The molecule has 1 aliphatic carbocycles. The molecule has 0 unspecified atom stereocenters. The highest BCUT2D eigenvalue weighted by Gasteiger charge is 2.29. The van der Waals surface area contributed by atoms with Crippen molar-refractivity contribution in [1.82, 2.24) is 15.5 Å². The molecule has 1 aliphatic rings. The number of thioether (sulfide) groups is 1. The van der Waals surface area contributed by atoms with Crippen molar-refractivity contribution in [2.45, 2.75) is 36.6 Å². The highest BCUT2D eigenvalue weighted by atomic mass is 32.2. The summed E-state index contributed by atoms with van der Waals surface area (Å²) >= 11 is 1.55. The number of carbonyl (C=O) groups excluding carboxylic acids is 1. The van der Waals surface area contributed by atoms with E-state index in [9.17, 15) is 4.79 Å². The Bertz CT molecular complexity index is 667. The summed E-state index contributed by atoms with van der Waals surface area (Å²) in [5.41, 5.74) is 0.576. The normalized spacial score (nSPS) is 15.4. The molecular formula is C16H19N3O3S. The average Bonchev–Trinajstić information content (AvgIpc) is 3.30. The molecule has 0 saturated heterocycles. The number of aromatic nitrogens is 2. The molecule has 1 heterocycles. The lowest BCUT2D eigenvalue weighted by Crippen LogP contribution is -2.26. The van der Waals surface area contributed by atoms with Crippen LogP contribution in [0.15, 0.2) is 33.7 Å². The summed E-state index contributed by atoms with van der Waals surface area (Å²) < 4.78 is 5.23. The van der Waals surface area contributed by atoms with Crippen LogP contribution in [0.1, 0.15) is 53.8 Å². The van der Waals surface area contributed by atoms with Crippen LogP contribution in [0.5, 0.6) is 0 Å². The summed E-state index contributed by atoms with van der Waals surface area (Å²) in [7, 11) is 0. The lowest BCUT2D eigenvalue weighted by molar-refractivity contribution is 0.0932. The predicted molar refractivity (Wildman–Crippen MR) is 86.4 cm³/mol. The fourth-order valence-corrected chi connectivity index (χ4v) is 2.79. The lowest BCUT2D eigenvalue weighted by Gasteiger charge is -2.10. The maximum absolute atomic E-state index is 12.3. The fraction of sp³-hybridized carbons (Fsp3) is 0.438. The Hall–Kier alpha value is -1.86. The van der Waals surface area contributed by atoms with E-state index in [2.05, 4.69) is 15.5 Å². The number of aliphatic hydroxyl groups excluding tert-OH is 1. The zero-order chi connectivity index (χ0) is 16.2. The third-order valence-corrected chi connectivity index (χ3v) is 4.59. The highest BCUT2D eigenvalue weighted by Crippen LogP contribution is 2.38. The quantitative estimate of drug-likeness (QED) is 0.757. The smallest absolute Gasteiger partial charge is 0.251 e. The molecule has 1 amide bonds. The van der Waals surface area contributed by atoms with E-state index in [1.807, 2.05) is 19.1 Å². The second-order valence-electron chi connectivity index (χ2n) is 5.56. The van der Waals surface area contributed by atoms with Crippen molar-refractivity contribution in [3.05, 3.63) is 41.5 Å². The van der Waals surface area contributed by atoms with Crippen molar-refractivity contribution in [1.29, 1.82) is 0 Å². The first kappa shape index (κ1) is 16.0. The minimum absolute atomic E-state index is 0.136. The van der Waals surface area contributed by atoms with Crippen molar-refractivity contribution < 1.29 is 14.4 Å². The number of aliphatic hydroxyl groups is 1. The van der Waals surface area contributed by atoms with Gasteiger partial charge < -0.3 is 14.9 Å². The molecule has 2 N–H and O–H groups in total. The van der Waals surface area contributed by atoms with Gasteiger partial charge in [-0.25, -0.2) is 0 Å². The SMILES string of the molecule is C[C@@H](NC(=O)c1ccc(SCCO)cc1)c1nc(C2CC2)no1. The molecule has 3 rings (SSSR count). The predicted octanol–water partition coefficient (Wildman–Crippen LogP) is 2.52. The van der Waals surface area contributed by atoms with E-state index >= 15 is 0 Å². The molecule has 0 radical (unpaired) electrons. The van der Waals surface area contributed by atoms with Gasteiger partial charge in [0.25, 0.3) is 5.91 Å². The van der Waals surface area contributed by atoms with E-state index in [4.69, 9.17) is 9.63 Å². The molecule has 1 aromatic carbocycles. The Labute approximate surface area is 138 Å². The summed E-state index contributed by atoms with van der Waals surface area (Å²) in [6.45, 7) is 1.96. The van der Waals surface area contributed by atoms with Gasteiger partial charge in [-0.2, -0.15) is 4.98 Å². The van der Waals surface area contributed by atoms with Crippen LogP contribution in [-0.4, -0.2) is 33.5 Å². The van der Waals surface area contributed by atoms with E-state index in [-0.39, 0.29) is 18.6 Å². The van der Waals surface area contributed by atoms with Crippen molar-refractivity contribution in [2.75, 3.05) is 12.4 Å². The Kier molecular flexibility index (Phi) is 4.97. The average molecular weight is 333 g/mol. The van der Waals surface area contributed by atoms with Crippen molar-refractivity contribution >= 4 is 17.7 Å². The maximum atomic E-state index is 12.3. The summed E-state index contributed by atoms with van der Waals surface area (Å²) in [6.07, 6.45) is 2.22. The van der Waals surface area contributed by atoms with E-state index in [1.165, 1.54) is 0 Å². The van der Waals surface area contributed by atoms with Crippen LogP contribution in [0.2, 0.25) is 0 Å². The van der Waals surface area contributed by atoms with Crippen LogP contribution in [0.4, 0.5) is 0 Å². The molecule has 2 aromatic rings. The molecule has 7 heteroatoms. The Balaban J connectivity index is 1.58. The van der Waals surface area contributed by atoms with Crippen LogP contribution in [0.25, 0.3) is 0 Å². The third kappa shape index (κ3) is 4.11. The van der Waals surface area contributed by atoms with E-state index in [0.717, 1.165) is 23.6 Å². The Morgan fingerprint density at radius 3 is 2.83 bits per heavy atom. The van der Waals surface area contributed by atoms with Gasteiger partial charge in [0.15, 0.2) is 5.82 Å². The highest BCUT2D eigenvalue weighted by molar-refractivity contribution is 7.99. The van der Waals surface area contributed by atoms with Crippen LogP contribution in [0, 0.1) is 0 Å². The number of hydrogen-bond donors (Lipinski definition) is 2. The number of nitrogens with one attached hydrogen (secondary N) is 1. The third-order valence-electron chi connectivity index (χ3n) is 3.59. The zero-order valence-corrected chi connectivity index (χ0v) is 13.7.